The van der Waals surface area contributed by atoms with Crippen LogP contribution in [0.4, 0.5) is 4.39 Å². The number of H-pyrrole nitrogens is 1. The largest absolute Gasteiger partial charge is 0.361 e. The maximum Gasteiger partial charge on any atom is 0.191 e. The maximum absolute atomic E-state index is 13.5. The van der Waals surface area contributed by atoms with E-state index in [1.807, 2.05) is 42.2 Å². The number of aromatic amines is 1. The smallest absolute Gasteiger partial charge is 0.191 e. The summed E-state index contributed by atoms with van der Waals surface area (Å²) in [5, 5.41) is 7.51. The summed E-state index contributed by atoms with van der Waals surface area (Å²) >= 11 is 0. The van der Waals surface area contributed by atoms with Crippen molar-refractivity contribution < 1.29 is 4.39 Å². The van der Waals surface area contributed by atoms with Gasteiger partial charge >= 0.3 is 0 Å². The lowest BCUT2D eigenvalue weighted by Crippen LogP contribution is -2.38. The van der Waals surface area contributed by atoms with Gasteiger partial charge in [-0.1, -0.05) is 6.07 Å². The first-order chi connectivity index (χ1) is 14.7. The first kappa shape index (κ1) is 19.6. The highest BCUT2D eigenvalue weighted by Crippen LogP contribution is 2.19. The fraction of sp³-hybridized carbons (Fsp3) is 0.227. The van der Waals surface area contributed by atoms with E-state index in [0.29, 0.717) is 13.1 Å². The first-order valence-corrected chi connectivity index (χ1v) is 9.94. The molecule has 3 heterocycles. The molecule has 0 aliphatic heterocycles. The van der Waals surface area contributed by atoms with Gasteiger partial charge in [0.25, 0.3) is 0 Å². The molecule has 0 saturated carbocycles. The molecule has 0 bridgehead atoms. The van der Waals surface area contributed by atoms with E-state index < -0.39 is 0 Å². The molecule has 0 unspecified atom stereocenters. The van der Waals surface area contributed by atoms with Crippen molar-refractivity contribution in [3.05, 3.63) is 78.4 Å². The second-order valence-electron chi connectivity index (χ2n) is 6.87. The average Bonchev–Trinajstić information content (AvgIpc) is 3.43. The number of aliphatic imine (C=N–C) groups is 1. The summed E-state index contributed by atoms with van der Waals surface area (Å²) in [6.45, 7) is 4.00. The van der Waals surface area contributed by atoms with Crippen molar-refractivity contribution in [3.63, 3.8) is 0 Å². The molecule has 0 aliphatic rings. The zero-order valence-electron chi connectivity index (χ0n) is 16.8. The van der Waals surface area contributed by atoms with Crippen LogP contribution < -0.4 is 10.6 Å². The van der Waals surface area contributed by atoms with Gasteiger partial charge < -0.3 is 15.6 Å². The second-order valence-corrected chi connectivity index (χ2v) is 6.87. The Labute approximate surface area is 174 Å². The van der Waals surface area contributed by atoms with E-state index in [4.69, 9.17) is 0 Å². The number of pyridine rings is 1. The number of benzene rings is 1. The minimum absolute atomic E-state index is 0.223. The van der Waals surface area contributed by atoms with Crippen LogP contribution in [0.1, 0.15) is 18.1 Å². The quantitative estimate of drug-likeness (QED) is 0.326. The highest BCUT2D eigenvalue weighted by molar-refractivity contribution is 5.83. The molecule has 3 N–H and O–H groups in total. The minimum Gasteiger partial charge on any atom is -0.361 e. The summed E-state index contributed by atoms with van der Waals surface area (Å²) in [5.41, 5.74) is 3.04. The van der Waals surface area contributed by atoms with Crippen LogP contribution in [0, 0.1) is 5.82 Å². The normalized spacial score (nSPS) is 11.7. The van der Waals surface area contributed by atoms with E-state index in [-0.39, 0.29) is 5.82 Å². The van der Waals surface area contributed by atoms with E-state index in [1.54, 1.807) is 24.7 Å². The van der Waals surface area contributed by atoms with Gasteiger partial charge in [0, 0.05) is 48.8 Å². The van der Waals surface area contributed by atoms with Crippen molar-refractivity contribution in [3.8, 4) is 5.82 Å². The Morgan fingerprint density at radius 2 is 2.17 bits per heavy atom. The van der Waals surface area contributed by atoms with Gasteiger partial charge in [0.05, 0.1) is 6.54 Å². The van der Waals surface area contributed by atoms with Gasteiger partial charge in [0.2, 0.25) is 0 Å². The van der Waals surface area contributed by atoms with E-state index >= 15 is 0 Å². The number of nitrogens with zero attached hydrogens (tertiary/aromatic N) is 4. The molecule has 3 aromatic heterocycles. The van der Waals surface area contributed by atoms with Crippen molar-refractivity contribution in [2.45, 2.75) is 19.9 Å². The Bertz CT molecular complexity index is 1110. The van der Waals surface area contributed by atoms with Crippen molar-refractivity contribution >= 4 is 16.9 Å². The molecule has 0 spiro atoms. The third-order valence-electron chi connectivity index (χ3n) is 4.76. The Balaban J connectivity index is 1.36. The SMILES string of the molecule is CCNC(=NCc1ccc(-n2ccnc2)nc1)NCCc1c[nH]c2ccc(F)cc12. The van der Waals surface area contributed by atoms with Crippen LogP contribution in [0.5, 0.6) is 0 Å². The van der Waals surface area contributed by atoms with Crippen molar-refractivity contribution in [2.24, 2.45) is 4.99 Å². The van der Waals surface area contributed by atoms with Gasteiger partial charge in [-0.3, -0.25) is 4.57 Å². The first-order valence-electron chi connectivity index (χ1n) is 9.94. The lowest BCUT2D eigenvalue weighted by molar-refractivity contribution is 0.629. The van der Waals surface area contributed by atoms with E-state index in [2.05, 4.69) is 30.6 Å². The molecular weight excluding hydrogens is 381 g/mol. The number of guanidine groups is 1. The minimum atomic E-state index is -0.223. The number of fused-ring (bicyclic) bond motifs is 1. The molecule has 7 nitrogen and oxygen atoms in total. The maximum atomic E-state index is 13.5. The molecule has 0 saturated heterocycles. The van der Waals surface area contributed by atoms with Gasteiger partial charge in [-0.05, 0) is 48.7 Å². The molecule has 4 rings (SSSR count). The number of rotatable bonds is 7. The van der Waals surface area contributed by atoms with Crippen LogP contribution in [0.2, 0.25) is 0 Å². The van der Waals surface area contributed by atoms with Crippen LogP contribution in [0.3, 0.4) is 0 Å². The topological polar surface area (TPSA) is 82.9 Å². The molecule has 30 heavy (non-hydrogen) atoms. The number of imidazole rings is 1. The lowest BCUT2D eigenvalue weighted by Gasteiger charge is -2.11. The molecule has 4 aromatic rings. The van der Waals surface area contributed by atoms with Crippen LogP contribution in [0.25, 0.3) is 16.7 Å². The van der Waals surface area contributed by atoms with Crippen LogP contribution >= 0.6 is 0 Å². The Morgan fingerprint density at radius 3 is 2.93 bits per heavy atom. The molecule has 0 atom stereocenters. The van der Waals surface area contributed by atoms with E-state index in [9.17, 15) is 4.39 Å². The number of hydrogen-bond acceptors (Lipinski definition) is 3. The Kier molecular flexibility index (Phi) is 6.03. The Hall–Kier alpha value is -3.68. The fourth-order valence-electron chi connectivity index (χ4n) is 3.24. The van der Waals surface area contributed by atoms with Gasteiger partial charge in [-0.15, -0.1) is 0 Å². The number of nitrogens with one attached hydrogen (secondary N) is 3. The van der Waals surface area contributed by atoms with E-state index in [1.165, 1.54) is 6.07 Å². The highest BCUT2D eigenvalue weighted by Gasteiger charge is 2.06. The lowest BCUT2D eigenvalue weighted by atomic mass is 10.1. The summed E-state index contributed by atoms with van der Waals surface area (Å²) in [6.07, 6.45) is 9.81. The standard InChI is InChI=1S/C22H24FN7/c1-2-25-22(26-8-7-17-14-27-20-5-4-18(23)11-19(17)20)29-13-16-3-6-21(28-12-16)30-10-9-24-15-30/h3-6,9-12,14-15,27H,2,7-8,13H2,1H3,(H2,25,26,29). The molecule has 0 aliphatic carbocycles. The van der Waals surface area contributed by atoms with Gasteiger partial charge in [0.1, 0.15) is 18.0 Å². The summed E-state index contributed by atoms with van der Waals surface area (Å²) in [4.78, 5) is 16.3. The highest BCUT2D eigenvalue weighted by atomic mass is 19.1. The van der Waals surface area contributed by atoms with Crippen LogP contribution in [-0.2, 0) is 13.0 Å². The molecule has 8 heteroatoms. The van der Waals surface area contributed by atoms with Crippen molar-refractivity contribution in [1.82, 2.24) is 30.2 Å². The molecule has 0 amide bonds. The monoisotopic (exact) mass is 405 g/mol. The fourth-order valence-corrected chi connectivity index (χ4v) is 3.24. The zero-order chi connectivity index (χ0) is 20.8. The Morgan fingerprint density at radius 1 is 1.23 bits per heavy atom. The second kappa shape index (κ2) is 9.21. The summed E-state index contributed by atoms with van der Waals surface area (Å²) in [5.74, 6) is 1.33. The van der Waals surface area contributed by atoms with Crippen molar-refractivity contribution in [1.29, 1.82) is 0 Å². The van der Waals surface area contributed by atoms with Gasteiger partial charge in [-0.25, -0.2) is 19.4 Å². The number of aromatic nitrogens is 4. The van der Waals surface area contributed by atoms with Crippen molar-refractivity contribution in [2.75, 3.05) is 13.1 Å². The van der Waals surface area contributed by atoms with Gasteiger partial charge in [0.15, 0.2) is 5.96 Å². The third kappa shape index (κ3) is 4.65. The third-order valence-corrected chi connectivity index (χ3v) is 4.76. The van der Waals surface area contributed by atoms with Crippen LogP contribution in [0.15, 0.2) is 66.4 Å². The zero-order valence-corrected chi connectivity index (χ0v) is 16.8. The molecule has 1 aromatic carbocycles. The summed E-state index contributed by atoms with van der Waals surface area (Å²) in [7, 11) is 0. The number of halogens is 1. The number of hydrogen-bond donors (Lipinski definition) is 3. The summed E-state index contributed by atoms with van der Waals surface area (Å²) in [6, 6.07) is 8.76. The molecule has 0 radical (unpaired) electrons. The molecular formula is C22H24FN7. The molecule has 154 valence electrons. The predicted octanol–water partition coefficient (Wildman–Crippen LogP) is 3.19. The van der Waals surface area contributed by atoms with Crippen LogP contribution in [-0.4, -0.2) is 38.6 Å². The molecule has 0 fully saturated rings. The van der Waals surface area contributed by atoms with Gasteiger partial charge in [-0.2, -0.15) is 0 Å². The summed E-state index contributed by atoms with van der Waals surface area (Å²) < 4.78 is 15.4. The van der Waals surface area contributed by atoms with E-state index in [0.717, 1.165) is 46.8 Å². The predicted molar refractivity (Wildman–Crippen MR) is 116 cm³/mol. The average molecular weight is 405 g/mol.